The number of aromatic hydroxyl groups is 1. The summed E-state index contributed by atoms with van der Waals surface area (Å²) in [5.74, 6) is -7.03. The second-order valence-electron chi connectivity index (χ2n) is 11.2. The maximum Gasteiger partial charge on any atom is 0.255 e. The van der Waals surface area contributed by atoms with Gasteiger partial charge in [-0.15, -0.1) is 0 Å². The van der Waals surface area contributed by atoms with Gasteiger partial charge in [-0.3, -0.25) is 24.1 Å². The van der Waals surface area contributed by atoms with Gasteiger partial charge in [0.2, 0.25) is 5.78 Å². The molecule has 3 aliphatic carbocycles. The van der Waals surface area contributed by atoms with Crippen LogP contribution in [-0.2, 0) is 20.8 Å². The van der Waals surface area contributed by atoms with Crippen LogP contribution in [0.5, 0.6) is 5.75 Å². The summed E-state index contributed by atoms with van der Waals surface area (Å²) in [5.41, 5.74) is 3.94. The molecule has 214 valence electrons. The summed E-state index contributed by atoms with van der Waals surface area (Å²) in [6, 6.07) is 7.12. The van der Waals surface area contributed by atoms with Crippen LogP contribution in [0.15, 0.2) is 47.2 Å². The van der Waals surface area contributed by atoms with Crippen molar-refractivity contribution in [2.75, 3.05) is 33.1 Å². The first kappa shape index (κ1) is 28.1. The first-order valence-electron chi connectivity index (χ1n) is 13.0. The highest BCUT2D eigenvalue weighted by Gasteiger charge is 2.64. The number of carbonyl (C=O) groups excluding carboxylic acids is 4. The third kappa shape index (κ3) is 3.87. The molecule has 0 radical (unpaired) electrons. The Bertz CT molecular complexity index is 1600. The lowest BCUT2D eigenvalue weighted by Gasteiger charge is -2.50. The number of benzene rings is 2. The lowest BCUT2D eigenvalue weighted by atomic mass is 9.57. The number of amides is 1. The van der Waals surface area contributed by atoms with Gasteiger partial charge in [-0.25, -0.2) is 0 Å². The molecule has 11 heteroatoms. The number of ketones is 2. The number of aldehydes is 1. The summed E-state index contributed by atoms with van der Waals surface area (Å²) in [6.07, 6.45) is 0.844. The lowest BCUT2D eigenvalue weighted by Crippen LogP contribution is -2.65. The summed E-state index contributed by atoms with van der Waals surface area (Å²) in [6.45, 7) is 0. The summed E-state index contributed by atoms with van der Waals surface area (Å²) in [4.78, 5) is 54.1. The van der Waals surface area contributed by atoms with Gasteiger partial charge in [0.25, 0.3) is 5.91 Å². The van der Waals surface area contributed by atoms with Crippen LogP contribution in [0.1, 0.15) is 27.9 Å². The van der Waals surface area contributed by atoms with E-state index in [2.05, 4.69) is 0 Å². The Kier molecular flexibility index (Phi) is 6.55. The summed E-state index contributed by atoms with van der Waals surface area (Å²) < 4.78 is 0. The summed E-state index contributed by atoms with van der Waals surface area (Å²) in [5, 5.41) is 45.9. The van der Waals surface area contributed by atoms with Crippen molar-refractivity contribution < 1.29 is 39.6 Å². The first-order valence-corrected chi connectivity index (χ1v) is 13.0. The molecule has 1 fully saturated rings. The maximum absolute atomic E-state index is 14.1. The molecule has 0 heterocycles. The molecule has 2 aromatic carbocycles. The number of Topliss-reactive ketones (excluding diaryl/α,β-unsaturated/α-hetero) is 2. The lowest BCUT2D eigenvalue weighted by molar-refractivity contribution is -0.153. The van der Waals surface area contributed by atoms with Gasteiger partial charge in [-0.1, -0.05) is 18.2 Å². The van der Waals surface area contributed by atoms with Crippen LogP contribution in [0.4, 0.5) is 5.69 Å². The number of carbonyl (C=O) groups is 4. The van der Waals surface area contributed by atoms with E-state index in [-0.39, 0.29) is 29.7 Å². The molecule has 11 nitrogen and oxygen atoms in total. The topological polar surface area (TPSA) is 182 Å². The van der Waals surface area contributed by atoms with Crippen molar-refractivity contribution in [3.05, 3.63) is 63.9 Å². The molecule has 0 bridgehead atoms. The highest BCUT2D eigenvalue weighted by molar-refractivity contribution is 6.24. The number of likely N-dealkylation sites (N-methyl/N-ethyl adjacent to an activating group) is 1. The number of nitrogens with zero attached hydrogens (tertiary/aromatic N) is 2. The van der Waals surface area contributed by atoms with E-state index in [0.717, 1.165) is 0 Å². The van der Waals surface area contributed by atoms with Crippen LogP contribution in [-0.4, -0.2) is 88.9 Å². The van der Waals surface area contributed by atoms with Gasteiger partial charge >= 0.3 is 0 Å². The number of phenolic OH excluding ortho intramolecular Hbond substituents is 1. The van der Waals surface area contributed by atoms with Gasteiger partial charge in [0.1, 0.15) is 29.1 Å². The van der Waals surface area contributed by atoms with Gasteiger partial charge in [-0.2, -0.15) is 0 Å². The van der Waals surface area contributed by atoms with E-state index < -0.39 is 58.0 Å². The second-order valence-corrected chi connectivity index (χ2v) is 11.2. The maximum atomic E-state index is 14.1. The van der Waals surface area contributed by atoms with E-state index in [0.29, 0.717) is 34.2 Å². The van der Waals surface area contributed by atoms with Crippen molar-refractivity contribution in [3.63, 3.8) is 0 Å². The van der Waals surface area contributed by atoms with Crippen LogP contribution in [0.25, 0.3) is 16.9 Å². The Balaban J connectivity index is 1.78. The van der Waals surface area contributed by atoms with Gasteiger partial charge in [0, 0.05) is 42.4 Å². The molecule has 1 amide bonds. The first-order chi connectivity index (χ1) is 19.2. The molecule has 2 aromatic rings. The van der Waals surface area contributed by atoms with Gasteiger partial charge in [0.05, 0.1) is 11.6 Å². The number of hydrogen-bond donors (Lipinski definition) is 5. The van der Waals surface area contributed by atoms with Crippen LogP contribution >= 0.6 is 0 Å². The fourth-order valence-corrected chi connectivity index (χ4v) is 6.69. The molecule has 0 spiro atoms. The number of nitrogens with two attached hydrogens (primary N) is 1. The number of anilines is 1. The van der Waals surface area contributed by atoms with Gasteiger partial charge in [-0.05, 0) is 56.1 Å². The van der Waals surface area contributed by atoms with E-state index in [9.17, 15) is 39.6 Å². The molecule has 5 rings (SSSR count). The fraction of sp³-hybridized carbons (Fsp3) is 0.333. The summed E-state index contributed by atoms with van der Waals surface area (Å²) in [7, 11) is 6.68. The second kappa shape index (κ2) is 9.57. The Morgan fingerprint density at radius 1 is 1.10 bits per heavy atom. The third-order valence-corrected chi connectivity index (χ3v) is 8.51. The number of aliphatic hydroxyl groups excluding tert-OH is 2. The Hall–Kier alpha value is -4.48. The average Bonchev–Trinajstić information content (AvgIpc) is 2.90. The normalized spacial score (nSPS) is 25.6. The molecular formula is C30H31N3O8. The largest absolute Gasteiger partial charge is 0.508 e. The number of fused-ring (bicyclic) bond motifs is 3. The predicted molar refractivity (Wildman–Crippen MR) is 149 cm³/mol. The molecule has 6 N–H and O–H groups in total. The zero-order valence-corrected chi connectivity index (χ0v) is 23.0. The SMILES string of the molecule is CN(C)c1cc(-c2cccc(C=O)c2)c(O)c2c1C[C@@H]1C[C@@H]3[C@H](N(C)C)C(=O)C(C(N)=O)=C(O)[C@]3(O)C(=O)C1=C2O. The van der Waals surface area contributed by atoms with Crippen molar-refractivity contribution in [1.82, 2.24) is 4.90 Å². The van der Waals surface area contributed by atoms with E-state index >= 15 is 0 Å². The Labute approximate surface area is 235 Å². The number of rotatable bonds is 5. The molecule has 4 atom stereocenters. The molecule has 0 aliphatic heterocycles. The van der Waals surface area contributed by atoms with Gasteiger partial charge < -0.3 is 31.1 Å². The molecule has 0 saturated heterocycles. The standard InChI is InChI=1S/C30H31N3O8/c1-32(2)19-11-16(14-7-5-6-13(8-14)12-34)24(35)21-17(19)9-15-10-18-23(33(3)4)26(37)22(29(31)40)28(39)30(18,41)27(38)20(15)25(21)36/h5-8,11-12,15,18,23,35-36,39,41H,9-10H2,1-4H3,(H2,31,40)/t15-,18-,23+,30-/m1/s1. The third-order valence-electron chi connectivity index (χ3n) is 8.51. The minimum Gasteiger partial charge on any atom is -0.508 e. The fourth-order valence-electron chi connectivity index (χ4n) is 6.69. The smallest absolute Gasteiger partial charge is 0.255 e. The molecule has 3 aliphatic rings. The molecule has 0 aromatic heterocycles. The minimum absolute atomic E-state index is 0.00250. The van der Waals surface area contributed by atoms with Crippen molar-refractivity contribution in [3.8, 4) is 16.9 Å². The minimum atomic E-state index is -2.71. The highest BCUT2D eigenvalue weighted by atomic mass is 16.3. The monoisotopic (exact) mass is 561 g/mol. The van der Waals surface area contributed by atoms with Crippen LogP contribution < -0.4 is 10.6 Å². The van der Waals surface area contributed by atoms with Crippen LogP contribution in [0.3, 0.4) is 0 Å². The van der Waals surface area contributed by atoms with E-state index in [1.165, 1.54) is 4.90 Å². The Morgan fingerprint density at radius 2 is 1.78 bits per heavy atom. The number of hydrogen-bond acceptors (Lipinski definition) is 10. The van der Waals surface area contributed by atoms with Crippen molar-refractivity contribution in [1.29, 1.82) is 0 Å². The quantitative estimate of drug-likeness (QED) is 0.265. The van der Waals surface area contributed by atoms with E-state index in [1.807, 2.05) is 0 Å². The summed E-state index contributed by atoms with van der Waals surface area (Å²) >= 11 is 0. The van der Waals surface area contributed by atoms with Crippen LogP contribution in [0.2, 0.25) is 0 Å². The molecule has 0 unspecified atom stereocenters. The number of aliphatic hydroxyl groups is 3. The van der Waals surface area contributed by atoms with Crippen molar-refractivity contribution >= 4 is 35.2 Å². The number of phenols is 1. The molecule has 1 saturated carbocycles. The zero-order chi connectivity index (χ0) is 30.1. The molecular weight excluding hydrogens is 530 g/mol. The highest BCUT2D eigenvalue weighted by Crippen LogP contribution is 2.54. The van der Waals surface area contributed by atoms with E-state index in [4.69, 9.17) is 5.73 Å². The van der Waals surface area contributed by atoms with Crippen molar-refractivity contribution in [2.24, 2.45) is 17.6 Å². The van der Waals surface area contributed by atoms with Crippen LogP contribution in [0, 0.1) is 11.8 Å². The Morgan fingerprint density at radius 3 is 2.37 bits per heavy atom. The molecule has 41 heavy (non-hydrogen) atoms. The predicted octanol–water partition coefficient (Wildman–Crippen LogP) is 1.51. The van der Waals surface area contributed by atoms with Crippen molar-refractivity contribution in [2.45, 2.75) is 24.5 Å². The average molecular weight is 562 g/mol. The zero-order valence-electron chi connectivity index (χ0n) is 23.0. The number of primary amides is 1. The van der Waals surface area contributed by atoms with E-state index in [1.54, 1.807) is 63.4 Å². The van der Waals surface area contributed by atoms with Gasteiger partial charge in [0.15, 0.2) is 11.4 Å².